The molecule has 0 fully saturated rings. The molecule has 0 saturated carbocycles. The van der Waals surface area contributed by atoms with Gasteiger partial charge in [0.25, 0.3) is 5.91 Å². The molecule has 1 unspecified atom stereocenters. The van der Waals surface area contributed by atoms with Gasteiger partial charge in [0.1, 0.15) is 5.75 Å². The number of aliphatic hydroxyl groups excluding tert-OH is 1. The molecule has 0 aliphatic heterocycles. The Kier molecular flexibility index (Phi) is 6.87. The van der Waals surface area contributed by atoms with Crippen LogP contribution < -0.4 is 10.1 Å². The molecule has 0 aliphatic rings. The molecule has 0 saturated heterocycles. The Hall–Kier alpha value is -3.04. The van der Waals surface area contributed by atoms with Gasteiger partial charge in [-0.05, 0) is 42.3 Å². The lowest BCUT2D eigenvalue weighted by Crippen LogP contribution is -2.29. The molecule has 10 heteroatoms. The van der Waals surface area contributed by atoms with E-state index in [9.17, 15) is 23.1 Å². The number of carbonyl (C=O) groups excluding carboxylic acids is 1. The lowest BCUT2D eigenvalue weighted by molar-refractivity contribution is -0.274. The lowest BCUT2D eigenvalue weighted by atomic mass is 10.1. The number of carbonyl (C=O) groups is 1. The molecule has 1 aromatic heterocycles. The number of hydrogen-bond acceptors (Lipinski definition) is 4. The van der Waals surface area contributed by atoms with Crippen molar-refractivity contribution in [1.29, 1.82) is 0 Å². The van der Waals surface area contributed by atoms with E-state index in [2.05, 4.69) is 15.2 Å². The second kappa shape index (κ2) is 9.40. The largest absolute Gasteiger partial charge is 0.573 e. The Morgan fingerprint density at radius 1 is 1.26 bits per heavy atom. The second-order valence-electron chi connectivity index (χ2n) is 6.59. The van der Waals surface area contributed by atoms with Gasteiger partial charge >= 0.3 is 6.36 Å². The molecule has 0 radical (unpaired) electrons. The fourth-order valence-electron chi connectivity index (χ4n) is 3.03. The zero-order valence-corrected chi connectivity index (χ0v) is 17.1. The van der Waals surface area contributed by atoms with Gasteiger partial charge in [0.2, 0.25) is 0 Å². The Bertz CT molecular complexity index is 1050. The number of halogens is 4. The summed E-state index contributed by atoms with van der Waals surface area (Å²) in [5.41, 5.74) is 2.07. The molecular weight excluding hydrogens is 435 g/mol. The first kappa shape index (κ1) is 22.6. The Balaban J connectivity index is 1.67. The van der Waals surface area contributed by atoms with E-state index in [1.807, 2.05) is 13.0 Å². The van der Waals surface area contributed by atoms with E-state index in [1.54, 1.807) is 22.9 Å². The van der Waals surface area contributed by atoms with E-state index >= 15 is 0 Å². The van der Waals surface area contributed by atoms with Crippen LogP contribution in [0.2, 0.25) is 5.02 Å². The van der Waals surface area contributed by atoms with Crippen molar-refractivity contribution in [3.05, 3.63) is 76.6 Å². The minimum Gasteiger partial charge on any atom is -0.406 e. The summed E-state index contributed by atoms with van der Waals surface area (Å²) in [7, 11) is 0. The normalized spacial score (nSPS) is 12.5. The molecule has 0 spiro atoms. The van der Waals surface area contributed by atoms with Gasteiger partial charge < -0.3 is 15.2 Å². The van der Waals surface area contributed by atoms with Crippen molar-refractivity contribution in [3.8, 4) is 11.4 Å². The third kappa shape index (κ3) is 5.77. The van der Waals surface area contributed by atoms with Crippen LogP contribution in [0.1, 0.15) is 34.6 Å². The highest BCUT2D eigenvalue weighted by Crippen LogP contribution is 2.24. The summed E-state index contributed by atoms with van der Waals surface area (Å²) in [6.45, 7) is 1.75. The van der Waals surface area contributed by atoms with Crippen molar-refractivity contribution in [2.24, 2.45) is 0 Å². The maximum absolute atomic E-state index is 12.6. The van der Waals surface area contributed by atoms with Crippen molar-refractivity contribution in [2.75, 3.05) is 6.54 Å². The van der Waals surface area contributed by atoms with E-state index in [1.165, 1.54) is 18.3 Å². The van der Waals surface area contributed by atoms with Crippen LogP contribution >= 0.6 is 11.6 Å². The molecule has 1 amide bonds. The van der Waals surface area contributed by atoms with Crippen molar-refractivity contribution in [2.45, 2.75) is 25.8 Å². The molecule has 2 N–H and O–H groups in total. The predicted octanol–water partition coefficient (Wildman–Crippen LogP) is 4.45. The molecule has 1 heterocycles. The standard InChI is InChI=1S/C21H19ClF3N3O3/c1-2-18-17(11-27-28(18)15-5-3-4-14(22)10-15)20(30)26-12-19(29)13-6-8-16(9-7-13)31-21(23,24)25/h3-11,19,29H,2,12H2,1H3,(H,26,30). The van der Waals surface area contributed by atoms with Gasteiger partial charge in [0.05, 0.1) is 29.2 Å². The highest BCUT2D eigenvalue weighted by Gasteiger charge is 2.31. The van der Waals surface area contributed by atoms with Crippen molar-refractivity contribution < 1.29 is 27.8 Å². The van der Waals surface area contributed by atoms with Crippen LogP contribution in [0.5, 0.6) is 5.75 Å². The summed E-state index contributed by atoms with van der Waals surface area (Å²) in [6.07, 6.45) is -3.94. The van der Waals surface area contributed by atoms with Gasteiger partial charge in [-0.25, -0.2) is 4.68 Å². The monoisotopic (exact) mass is 453 g/mol. The molecular formula is C21H19ClF3N3O3. The summed E-state index contributed by atoms with van der Waals surface area (Å²) in [5.74, 6) is -0.824. The number of alkyl halides is 3. The van der Waals surface area contributed by atoms with E-state index in [0.717, 1.165) is 12.1 Å². The molecule has 3 rings (SSSR count). The molecule has 6 nitrogen and oxygen atoms in total. The van der Waals surface area contributed by atoms with Crippen LogP contribution in [0.4, 0.5) is 13.2 Å². The molecule has 0 aliphatic carbocycles. The van der Waals surface area contributed by atoms with Crippen molar-refractivity contribution in [3.63, 3.8) is 0 Å². The number of nitrogens with zero attached hydrogens (tertiary/aromatic N) is 2. The van der Waals surface area contributed by atoms with Gasteiger partial charge in [-0.1, -0.05) is 36.7 Å². The number of amides is 1. The number of benzene rings is 2. The van der Waals surface area contributed by atoms with Crippen molar-refractivity contribution in [1.82, 2.24) is 15.1 Å². The highest BCUT2D eigenvalue weighted by atomic mass is 35.5. The molecule has 1 atom stereocenters. The average molecular weight is 454 g/mol. The fourth-order valence-corrected chi connectivity index (χ4v) is 3.21. The number of nitrogens with one attached hydrogen (secondary N) is 1. The predicted molar refractivity (Wildman–Crippen MR) is 108 cm³/mol. The van der Waals surface area contributed by atoms with Crippen LogP contribution in [0.25, 0.3) is 5.69 Å². The summed E-state index contributed by atoms with van der Waals surface area (Å²) in [6, 6.07) is 11.8. The van der Waals surface area contributed by atoms with Gasteiger partial charge in [-0.15, -0.1) is 13.2 Å². The molecule has 164 valence electrons. The quantitative estimate of drug-likeness (QED) is 0.554. The van der Waals surface area contributed by atoms with Crippen LogP contribution in [-0.2, 0) is 6.42 Å². The Morgan fingerprint density at radius 2 is 1.97 bits per heavy atom. The molecule has 0 bridgehead atoms. The summed E-state index contributed by atoms with van der Waals surface area (Å²) in [4.78, 5) is 12.6. The van der Waals surface area contributed by atoms with Gasteiger partial charge in [-0.3, -0.25) is 4.79 Å². The maximum Gasteiger partial charge on any atom is 0.573 e. The fraction of sp³-hybridized carbons (Fsp3) is 0.238. The number of rotatable bonds is 7. The smallest absolute Gasteiger partial charge is 0.406 e. The van der Waals surface area contributed by atoms with Gasteiger partial charge in [0, 0.05) is 11.6 Å². The number of ether oxygens (including phenoxy) is 1. The first-order valence-electron chi connectivity index (χ1n) is 9.32. The third-order valence-corrected chi connectivity index (χ3v) is 4.69. The zero-order chi connectivity index (χ0) is 22.6. The average Bonchev–Trinajstić information content (AvgIpc) is 3.15. The highest BCUT2D eigenvalue weighted by molar-refractivity contribution is 6.30. The number of aromatic nitrogens is 2. The van der Waals surface area contributed by atoms with Crippen LogP contribution in [0, 0.1) is 0 Å². The second-order valence-corrected chi connectivity index (χ2v) is 7.03. The lowest BCUT2D eigenvalue weighted by Gasteiger charge is -2.14. The minimum absolute atomic E-state index is 0.135. The van der Waals surface area contributed by atoms with Crippen LogP contribution in [0.15, 0.2) is 54.7 Å². The number of aliphatic hydroxyl groups is 1. The number of hydrogen-bond donors (Lipinski definition) is 2. The van der Waals surface area contributed by atoms with E-state index < -0.39 is 24.1 Å². The van der Waals surface area contributed by atoms with Gasteiger partial charge in [-0.2, -0.15) is 5.10 Å². The minimum atomic E-state index is -4.79. The van der Waals surface area contributed by atoms with Crippen molar-refractivity contribution >= 4 is 17.5 Å². The summed E-state index contributed by atoms with van der Waals surface area (Å²) in [5, 5.41) is 17.7. The molecule has 31 heavy (non-hydrogen) atoms. The SMILES string of the molecule is CCc1c(C(=O)NCC(O)c2ccc(OC(F)(F)F)cc2)cnn1-c1cccc(Cl)c1. The Labute approximate surface area is 181 Å². The third-order valence-electron chi connectivity index (χ3n) is 4.46. The van der Waals surface area contributed by atoms with E-state index in [0.29, 0.717) is 34.0 Å². The van der Waals surface area contributed by atoms with Crippen LogP contribution in [-0.4, -0.2) is 33.7 Å². The summed E-state index contributed by atoms with van der Waals surface area (Å²) >= 11 is 6.03. The topological polar surface area (TPSA) is 76.4 Å². The van der Waals surface area contributed by atoms with E-state index in [4.69, 9.17) is 11.6 Å². The summed E-state index contributed by atoms with van der Waals surface area (Å²) < 4.78 is 42.1. The van der Waals surface area contributed by atoms with E-state index in [-0.39, 0.29) is 6.54 Å². The molecule has 3 aromatic rings. The molecule has 2 aromatic carbocycles. The first-order valence-corrected chi connectivity index (χ1v) is 9.70. The Morgan fingerprint density at radius 3 is 2.58 bits per heavy atom. The van der Waals surface area contributed by atoms with Gasteiger partial charge in [0.15, 0.2) is 0 Å². The first-order chi connectivity index (χ1) is 14.7. The maximum atomic E-state index is 12.6. The zero-order valence-electron chi connectivity index (χ0n) is 16.4. The van der Waals surface area contributed by atoms with Crippen LogP contribution in [0.3, 0.4) is 0 Å².